The lowest BCUT2D eigenvalue weighted by Crippen LogP contribution is -2.25. The Kier molecular flexibility index (Phi) is 5.08. The van der Waals surface area contributed by atoms with Gasteiger partial charge in [0, 0.05) is 19.9 Å². The number of furan rings is 1. The molecule has 0 spiro atoms. The normalized spacial score (nSPS) is 10.7. The molecule has 1 amide bonds. The molecule has 0 atom stereocenters. The molecule has 1 aromatic carbocycles. The van der Waals surface area contributed by atoms with Gasteiger partial charge in [0.1, 0.15) is 12.4 Å². The molecule has 3 rings (SSSR count). The van der Waals surface area contributed by atoms with Gasteiger partial charge < -0.3 is 14.5 Å². The molecule has 6 heteroatoms. The van der Waals surface area contributed by atoms with Crippen LogP contribution >= 0.6 is 0 Å². The lowest BCUT2D eigenvalue weighted by molar-refractivity contribution is 0.0917. The summed E-state index contributed by atoms with van der Waals surface area (Å²) < 4.78 is 12.2. The fraction of sp³-hybridized carbons (Fsp3) is 0.222. The minimum Gasteiger partial charge on any atom is -0.453 e. The average Bonchev–Trinajstić information content (AvgIpc) is 3.26. The maximum atomic E-state index is 12.0. The quantitative estimate of drug-likeness (QED) is 0.725. The van der Waals surface area contributed by atoms with Crippen LogP contribution in [0.15, 0.2) is 59.3 Å². The number of methoxy groups -OCH3 is 1. The van der Waals surface area contributed by atoms with Gasteiger partial charge in [-0.25, -0.2) is 4.68 Å². The highest BCUT2D eigenvalue weighted by molar-refractivity contribution is 5.91. The molecule has 24 heavy (non-hydrogen) atoms. The number of benzene rings is 1. The summed E-state index contributed by atoms with van der Waals surface area (Å²) in [6.45, 7) is 0.867. The van der Waals surface area contributed by atoms with Crippen molar-refractivity contribution in [3.63, 3.8) is 0 Å². The summed E-state index contributed by atoms with van der Waals surface area (Å²) >= 11 is 0. The van der Waals surface area contributed by atoms with E-state index in [9.17, 15) is 4.79 Å². The lowest BCUT2D eigenvalue weighted by Gasteiger charge is -2.02. The predicted octanol–water partition coefficient (Wildman–Crippen LogP) is 2.58. The molecule has 3 aromatic rings. The molecule has 0 saturated heterocycles. The number of carbonyl (C=O) groups excluding carboxylic acids is 1. The number of hydrogen-bond donors (Lipinski definition) is 1. The second kappa shape index (κ2) is 7.61. The summed E-state index contributed by atoms with van der Waals surface area (Å²) in [6.07, 6.45) is 4.47. The van der Waals surface area contributed by atoms with Gasteiger partial charge in [-0.1, -0.05) is 18.2 Å². The summed E-state index contributed by atoms with van der Waals surface area (Å²) in [6, 6.07) is 13.3. The maximum absolute atomic E-state index is 12.0. The van der Waals surface area contributed by atoms with Crippen molar-refractivity contribution in [2.45, 2.75) is 13.0 Å². The van der Waals surface area contributed by atoms with E-state index >= 15 is 0 Å². The van der Waals surface area contributed by atoms with E-state index < -0.39 is 0 Å². The van der Waals surface area contributed by atoms with Crippen molar-refractivity contribution in [2.24, 2.45) is 0 Å². The van der Waals surface area contributed by atoms with Gasteiger partial charge in [0.2, 0.25) is 0 Å². The van der Waals surface area contributed by atoms with Gasteiger partial charge in [-0.3, -0.25) is 4.79 Å². The Morgan fingerprint density at radius 3 is 2.88 bits per heavy atom. The molecule has 2 aromatic heterocycles. The van der Waals surface area contributed by atoms with Crippen LogP contribution in [0.3, 0.4) is 0 Å². The lowest BCUT2D eigenvalue weighted by atomic mass is 10.2. The first-order valence-electron chi connectivity index (χ1n) is 7.71. The van der Waals surface area contributed by atoms with E-state index in [2.05, 4.69) is 10.4 Å². The van der Waals surface area contributed by atoms with Crippen LogP contribution in [0.5, 0.6) is 0 Å². The molecule has 0 fully saturated rings. The molecular formula is C18H19N3O3. The zero-order valence-electron chi connectivity index (χ0n) is 13.4. The second-order valence-electron chi connectivity index (χ2n) is 5.33. The third-order valence-corrected chi connectivity index (χ3v) is 3.53. The van der Waals surface area contributed by atoms with Crippen molar-refractivity contribution in [3.05, 3.63) is 71.9 Å². The number of nitrogens with zero attached hydrogens (tertiary/aromatic N) is 2. The highest BCUT2D eigenvalue weighted by Gasteiger charge is 2.10. The Bertz CT molecular complexity index is 793. The van der Waals surface area contributed by atoms with Gasteiger partial charge in [-0.2, -0.15) is 5.10 Å². The topological polar surface area (TPSA) is 69.3 Å². The fourth-order valence-corrected chi connectivity index (χ4v) is 2.34. The predicted molar refractivity (Wildman–Crippen MR) is 89.0 cm³/mol. The van der Waals surface area contributed by atoms with E-state index in [4.69, 9.17) is 9.15 Å². The Morgan fingerprint density at radius 2 is 2.08 bits per heavy atom. The third-order valence-electron chi connectivity index (χ3n) is 3.53. The van der Waals surface area contributed by atoms with Crippen molar-refractivity contribution in [2.75, 3.05) is 13.7 Å². The van der Waals surface area contributed by atoms with Crippen molar-refractivity contribution in [1.29, 1.82) is 0 Å². The summed E-state index contributed by atoms with van der Waals surface area (Å²) in [5, 5.41) is 7.18. The highest BCUT2D eigenvalue weighted by atomic mass is 16.5. The maximum Gasteiger partial charge on any atom is 0.287 e. The van der Waals surface area contributed by atoms with Crippen LogP contribution in [0.25, 0.3) is 5.69 Å². The van der Waals surface area contributed by atoms with Gasteiger partial charge in [-0.15, -0.1) is 0 Å². The highest BCUT2D eigenvalue weighted by Crippen LogP contribution is 2.10. The van der Waals surface area contributed by atoms with Crippen molar-refractivity contribution >= 4 is 5.91 Å². The molecule has 0 bridgehead atoms. The number of amides is 1. The SMILES string of the molecule is COCc1ccc(C(=O)NCCc2cnn(-c3ccccc3)c2)o1. The monoisotopic (exact) mass is 325 g/mol. The second-order valence-corrected chi connectivity index (χ2v) is 5.33. The Balaban J connectivity index is 1.51. The van der Waals surface area contributed by atoms with Crippen LogP contribution in [-0.4, -0.2) is 29.3 Å². The van der Waals surface area contributed by atoms with E-state index in [-0.39, 0.29) is 5.91 Å². The van der Waals surface area contributed by atoms with Gasteiger partial charge in [0.15, 0.2) is 5.76 Å². The number of rotatable bonds is 7. The Morgan fingerprint density at radius 1 is 1.25 bits per heavy atom. The number of hydrogen-bond acceptors (Lipinski definition) is 4. The van der Waals surface area contributed by atoms with Crippen molar-refractivity contribution in [1.82, 2.24) is 15.1 Å². The van der Waals surface area contributed by atoms with Crippen LogP contribution in [-0.2, 0) is 17.8 Å². The first kappa shape index (κ1) is 16.0. The van der Waals surface area contributed by atoms with E-state index in [1.165, 1.54) is 0 Å². The number of aromatic nitrogens is 2. The number of ether oxygens (including phenoxy) is 1. The van der Waals surface area contributed by atoms with Crippen LogP contribution in [0, 0.1) is 0 Å². The fourth-order valence-electron chi connectivity index (χ4n) is 2.34. The summed E-state index contributed by atoms with van der Waals surface area (Å²) in [7, 11) is 1.58. The molecule has 0 saturated carbocycles. The van der Waals surface area contributed by atoms with Crippen molar-refractivity contribution in [3.8, 4) is 5.69 Å². The van der Waals surface area contributed by atoms with Gasteiger partial charge in [-0.05, 0) is 36.2 Å². The smallest absolute Gasteiger partial charge is 0.287 e. The number of nitrogens with one attached hydrogen (secondary N) is 1. The van der Waals surface area contributed by atoms with Crippen LogP contribution in [0.2, 0.25) is 0 Å². The van der Waals surface area contributed by atoms with Crippen molar-refractivity contribution < 1.29 is 13.9 Å². The molecular weight excluding hydrogens is 306 g/mol. The van der Waals surface area contributed by atoms with Crippen LogP contribution in [0.1, 0.15) is 21.9 Å². The molecule has 0 aliphatic rings. The molecule has 2 heterocycles. The largest absolute Gasteiger partial charge is 0.453 e. The summed E-state index contributed by atoms with van der Waals surface area (Å²) in [5.41, 5.74) is 2.06. The molecule has 0 unspecified atom stereocenters. The standard InChI is InChI=1S/C18H19N3O3/c1-23-13-16-7-8-17(24-16)18(22)19-10-9-14-11-20-21(12-14)15-5-3-2-4-6-15/h2-8,11-12H,9-10,13H2,1H3,(H,19,22). The Labute approximate surface area is 140 Å². The Hall–Kier alpha value is -2.86. The van der Waals surface area contributed by atoms with E-state index in [1.807, 2.05) is 47.4 Å². The van der Waals surface area contributed by atoms with Gasteiger partial charge in [0.25, 0.3) is 5.91 Å². The number of para-hydroxylation sites is 1. The molecule has 0 aliphatic heterocycles. The van der Waals surface area contributed by atoms with E-state index in [1.54, 1.807) is 19.2 Å². The molecule has 1 N–H and O–H groups in total. The molecule has 124 valence electrons. The van der Waals surface area contributed by atoms with E-state index in [0.29, 0.717) is 31.1 Å². The van der Waals surface area contributed by atoms with E-state index in [0.717, 1.165) is 11.3 Å². The number of carbonyl (C=O) groups is 1. The summed E-state index contributed by atoms with van der Waals surface area (Å²) in [5.74, 6) is 0.696. The molecule has 0 aliphatic carbocycles. The first-order chi connectivity index (χ1) is 11.8. The summed E-state index contributed by atoms with van der Waals surface area (Å²) in [4.78, 5) is 12.0. The zero-order chi connectivity index (χ0) is 16.8. The van der Waals surface area contributed by atoms with Gasteiger partial charge in [0.05, 0.1) is 11.9 Å². The van der Waals surface area contributed by atoms with Crippen LogP contribution in [0.4, 0.5) is 0 Å². The minimum atomic E-state index is -0.229. The van der Waals surface area contributed by atoms with Gasteiger partial charge >= 0.3 is 0 Å². The minimum absolute atomic E-state index is 0.229. The molecule has 0 radical (unpaired) electrons. The average molecular weight is 325 g/mol. The third kappa shape index (κ3) is 3.91. The molecule has 6 nitrogen and oxygen atoms in total. The first-order valence-corrected chi connectivity index (χ1v) is 7.71. The zero-order valence-corrected chi connectivity index (χ0v) is 13.4. The van der Waals surface area contributed by atoms with Crippen LogP contribution < -0.4 is 5.32 Å².